The molecule has 17 heavy (non-hydrogen) atoms. The van der Waals surface area contributed by atoms with Gasteiger partial charge in [0.2, 0.25) is 0 Å². The summed E-state index contributed by atoms with van der Waals surface area (Å²) in [5.41, 5.74) is 3.81. The van der Waals surface area contributed by atoms with Crippen molar-refractivity contribution in [2.75, 3.05) is 6.54 Å². The third kappa shape index (κ3) is 1.88. The number of thiophene rings is 1. The Morgan fingerprint density at radius 2 is 2.47 bits per heavy atom. The Morgan fingerprint density at radius 3 is 3.24 bits per heavy atom. The zero-order valence-corrected chi connectivity index (χ0v) is 12.7. The molecule has 90 valence electrons. The number of nitrogens with zero attached hydrogens (tertiary/aromatic N) is 2. The van der Waals surface area contributed by atoms with Crippen LogP contribution in [0.15, 0.2) is 11.1 Å². The summed E-state index contributed by atoms with van der Waals surface area (Å²) in [4.78, 5) is 7.79. The fraction of sp³-hybridized carbons (Fsp3) is 0.400. The number of hydrogen-bond acceptors (Lipinski definition) is 5. The van der Waals surface area contributed by atoms with E-state index >= 15 is 0 Å². The first-order valence-corrected chi connectivity index (χ1v) is 7.66. The fourth-order valence-corrected chi connectivity index (χ4v) is 4.50. The number of thiocarbonyl (C=S) groups is 1. The van der Waals surface area contributed by atoms with Gasteiger partial charge in [-0.15, -0.1) is 11.3 Å². The Morgan fingerprint density at radius 1 is 1.65 bits per heavy atom. The maximum Gasteiger partial charge on any atom is 0.140 e. The van der Waals surface area contributed by atoms with E-state index in [-0.39, 0.29) is 6.04 Å². The number of hydrogen-bond donors (Lipinski definition) is 2. The molecule has 1 saturated heterocycles. The van der Waals surface area contributed by atoms with Crippen LogP contribution in [0.2, 0.25) is 0 Å². The number of aliphatic imine (C=N–C) groups is 1. The molecule has 3 rings (SSSR count). The molecule has 1 aromatic heterocycles. The number of rotatable bonds is 0. The average Bonchev–Trinajstić information content (AvgIpc) is 2.89. The molecule has 3 N–H and O–H groups in total. The van der Waals surface area contributed by atoms with Gasteiger partial charge in [0.1, 0.15) is 15.8 Å². The molecule has 4 nitrogen and oxygen atoms in total. The van der Waals surface area contributed by atoms with E-state index in [1.807, 2.05) is 0 Å². The molecular formula is C10H11IN4S2. The summed E-state index contributed by atoms with van der Waals surface area (Å²) in [5, 5.41) is 0.974. The van der Waals surface area contributed by atoms with Crippen molar-refractivity contribution in [3.8, 4) is 0 Å². The predicted molar refractivity (Wildman–Crippen MR) is 82.9 cm³/mol. The smallest absolute Gasteiger partial charge is 0.140 e. The molecule has 1 aromatic rings. The van der Waals surface area contributed by atoms with Crippen LogP contribution in [0.5, 0.6) is 0 Å². The van der Waals surface area contributed by atoms with Gasteiger partial charge >= 0.3 is 0 Å². The Balaban J connectivity index is 2.15. The normalized spacial score (nSPS) is 22.9. The third-order valence-corrected chi connectivity index (χ3v) is 5.36. The number of hydrazine groups is 1. The van der Waals surface area contributed by atoms with Crippen molar-refractivity contribution < 1.29 is 0 Å². The number of halogens is 1. The summed E-state index contributed by atoms with van der Waals surface area (Å²) in [6.45, 7) is 0.996. The van der Waals surface area contributed by atoms with E-state index in [0.29, 0.717) is 0 Å². The molecule has 2 aliphatic heterocycles. The van der Waals surface area contributed by atoms with Gasteiger partial charge in [-0.1, -0.05) is 12.2 Å². The number of fused-ring (bicyclic) bond motifs is 2. The molecule has 0 radical (unpaired) electrons. The summed E-state index contributed by atoms with van der Waals surface area (Å²) >= 11 is 9.54. The molecule has 0 unspecified atom stereocenters. The molecule has 0 saturated carbocycles. The van der Waals surface area contributed by atoms with E-state index in [0.717, 1.165) is 40.8 Å². The molecule has 3 heterocycles. The Hall–Kier alpha value is -0.250. The molecule has 7 heteroatoms. The molecular weight excluding hydrogens is 367 g/mol. The zero-order chi connectivity index (χ0) is 12.0. The Kier molecular flexibility index (Phi) is 3.09. The van der Waals surface area contributed by atoms with Gasteiger partial charge in [0.05, 0.1) is 8.93 Å². The van der Waals surface area contributed by atoms with Gasteiger partial charge in [-0.2, -0.15) is 0 Å². The van der Waals surface area contributed by atoms with Gasteiger partial charge < -0.3 is 10.3 Å². The van der Waals surface area contributed by atoms with Crippen LogP contribution >= 0.6 is 46.1 Å². The zero-order valence-electron chi connectivity index (χ0n) is 8.94. The topological polar surface area (TPSA) is 53.6 Å². The van der Waals surface area contributed by atoms with E-state index in [9.17, 15) is 0 Å². The minimum atomic E-state index is 0.227. The molecule has 2 aliphatic rings. The molecule has 0 aromatic carbocycles. The second-order valence-corrected chi connectivity index (χ2v) is 7.38. The van der Waals surface area contributed by atoms with Crippen LogP contribution in [0.4, 0.5) is 5.00 Å². The molecule has 1 fully saturated rings. The fourth-order valence-electron chi connectivity index (χ4n) is 2.35. The van der Waals surface area contributed by atoms with Crippen molar-refractivity contribution in [3.05, 3.63) is 14.5 Å². The average molecular weight is 378 g/mol. The lowest BCUT2D eigenvalue weighted by Gasteiger charge is -2.25. The van der Waals surface area contributed by atoms with E-state index < -0.39 is 0 Å². The summed E-state index contributed by atoms with van der Waals surface area (Å²) < 4.78 is 1.20. The first kappa shape index (κ1) is 11.8. The standard InChI is InChI=1S/C10H11IN4S2/c11-7-4-5-9(17-7)13-8(14-12)6-2-1-3-15(6)10(5)16/h4,6H,1-3,12H2,(H,13,14)/t6-/m0/s1. The first-order chi connectivity index (χ1) is 8.20. The minimum Gasteiger partial charge on any atom is -0.352 e. The van der Waals surface area contributed by atoms with Crippen molar-refractivity contribution >= 4 is 62.0 Å². The lowest BCUT2D eigenvalue weighted by atomic mass is 10.2. The van der Waals surface area contributed by atoms with Crippen molar-refractivity contribution in [1.82, 2.24) is 10.3 Å². The van der Waals surface area contributed by atoms with Crippen molar-refractivity contribution in [3.63, 3.8) is 0 Å². The molecule has 0 spiro atoms. The maximum absolute atomic E-state index is 5.59. The highest BCUT2D eigenvalue weighted by molar-refractivity contribution is 14.1. The van der Waals surface area contributed by atoms with E-state index in [2.05, 4.69) is 44.0 Å². The third-order valence-electron chi connectivity index (χ3n) is 3.11. The van der Waals surface area contributed by atoms with Crippen LogP contribution in [-0.4, -0.2) is 28.3 Å². The second kappa shape index (κ2) is 4.45. The number of amidine groups is 1. The predicted octanol–water partition coefficient (Wildman–Crippen LogP) is 2.00. The van der Waals surface area contributed by atoms with E-state index in [1.54, 1.807) is 11.3 Å². The highest BCUT2D eigenvalue weighted by Crippen LogP contribution is 2.37. The van der Waals surface area contributed by atoms with E-state index in [1.165, 1.54) is 2.88 Å². The van der Waals surface area contributed by atoms with Crippen molar-refractivity contribution in [2.24, 2.45) is 10.8 Å². The number of nitrogens with one attached hydrogen (secondary N) is 1. The maximum atomic E-state index is 5.59. The molecule has 1 atom stereocenters. The van der Waals surface area contributed by atoms with Gasteiger partial charge in [0.15, 0.2) is 0 Å². The van der Waals surface area contributed by atoms with Crippen LogP contribution in [-0.2, 0) is 0 Å². The van der Waals surface area contributed by atoms with Crippen molar-refractivity contribution in [2.45, 2.75) is 18.9 Å². The first-order valence-electron chi connectivity index (χ1n) is 5.36. The van der Waals surface area contributed by atoms with Crippen molar-refractivity contribution in [1.29, 1.82) is 0 Å². The van der Waals surface area contributed by atoms with Crippen LogP contribution in [0.1, 0.15) is 18.4 Å². The summed E-state index contributed by atoms with van der Waals surface area (Å²) in [7, 11) is 0. The lowest BCUT2D eigenvalue weighted by Crippen LogP contribution is -2.46. The Bertz CT molecular complexity index is 510. The van der Waals surface area contributed by atoms with Gasteiger partial charge in [-0.05, 0) is 41.5 Å². The van der Waals surface area contributed by atoms with Gasteiger partial charge in [0.25, 0.3) is 0 Å². The molecule has 0 bridgehead atoms. The van der Waals surface area contributed by atoms with Crippen LogP contribution in [0, 0.1) is 2.88 Å². The second-order valence-electron chi connectivity index (χ2n) is 4.07. The number of nitrogens with two attached hydrogens (primary N) is 1. The SMILES string of the molecule is NNC1=Nc2sc(I)cc2C(=S)N2CCC[C@@H]12. The minimum absolute atomic E-state index is 0.227. The lowest BCUT2D eigenvalue weighted by molar-refractivity contribution is 0.470. The Labute approximate surface area is 122 Å². The van der Waals surface area contributed by atoms with Gasteiger partial charge in [0, 0.05) is 12.1 Å². The summed E-state index contributed by atoms with van der Waals surface area (Å²) in [6, 6.07) is 2.34. The van der Waals surface area contributed by atoms with Gasteiger partial charge in [-0.3, -0.25) is 0 Å². The monoisotopic (exact) mass is 378 g/mol. The summed E-state index contributed by atoms with van der Waals surface area (Å²) in [6.07, 6.45) is 2.21. The van der Waals surface area contributed by atoms with Crippen LogP contribution in [0.3, 0.4) is 0 Å². The summed E-state index contributed by atoms with van der Waals surface area (Å²) in [5.74, 6) is 6.43. The molecule has 0 amide bonds. The highest BCUT2D eigenvalue weighted by Gasteiger charge is 2.34. The molecule has 0 aliphatic carbocycles. The van der Waals surface area contributed by atoms with Crippen LogP contribution < -0.4 is 11.3 Å². The quantitative estimate of drug-likeness (QED) is 0.314. The van der Waals surface area contributed by atoms with E-state index in [4.69, 9.17) is 18.1 Å². The largest absolute Gasteiger partial charge is 0.352 e. The van der Waals surface area contributed by atoms with Crippen LogP contribution in [0.25, 0.3) is 0 Å². The highest BCUT2D eigenvalue weighted by atomic mass is 127. The van der Waals surface area contributed by atoms with Gasteiger partial charge in [-0.25, -0.2) is 10.8 Å².